The molecule has 1 aliphatic heterocycles. The summed E-state index contributed by atoms with van der Waals surface area (Å²) in [6.45, 7) is 7.38. The Morgan fingerprint density at radius 1 is 1.00 bits per heavy atom. The molecular formula is C32H35N5O4. The number of piperazine rings is 1. The third-order valence-electron chi connectivity index (χ3n) is 7.49. The molecule has 3 N–H and O–H groups in total. The number of rotatable bonds is 8. The Kier molecular flexibility index (Phi) is 8.47. The fourth-order valence-corrected chi connectivity index (χ4v) is 5.08. The minimum Gasteiger partial charge on any atom is -0.494 e. The van der Waals surface area contributed by atoms with Gasteiger partial charge >= 0.3 is 5.97 Å². The third-order valence-corrected chi connectivity index (χ3v) is 7.49. The summed E-state index contributed by atoms with van der Waals surface area (Å²) >= 11 is 0. The highest BCUT2D eigenvalue weighted by molar-refractivity contribution is 6.22. The zero-order valence-corrected chi connectivity index (χ0v) is 23.6. The summed E-state index contributed by atoms with van der Waals surface area (Å²) in [5, 5.41) is 14.8. The van der Waals surface area contributed by atoms with Crippen LogP contribution in [0.5, 0.6) is 5.88 Å². The van der Waals surface area contributed by atoms with E-state index in [0.717, 1.165) is 49.2 Å². The van der Waals surface area contributed by atoms with Gasteiger partial charge in [0.25, 0.3) is 5.91 Å². The minimum atomic E-state index is -0.444. The topological polar surface area (TPSA) is 110 Å². The van der Waals surface area contributed by atoms with Gasteiger partial charge < -0.3 is 25.0 Å². The van der Waals surface area contributed by atoms with Crippen molar-refractivity contribution in [1.82, 2.24) is 20.1 Å². The Labute approximate surface area is 239 Å². The number of likely N-dealkylation sites (N-methyl/N-ethyl adjacent to an activating group) is 1. The van der Waals surface area contributed by atoms with Gasteiger partial charge in [-0.2, -0.15) is 0 Å². The van der Waals surface area contributed by atoms with E-state index in [9.17, 15) is 14.7 Å². The molecule has 0 spiro atoms. The molecule has 0 radical (unpaired) electrons. The average Bonchev–Trinajstić information content (AvgIpc) is 3.30. The lowest BCUT2D eigenvalue weighted by Gasteiger charge is -2.32. The van der Waals surface area contributed by atoms with Crippen molar-refractivity contribution in [3.63, 3.8) is 0 Å². The molecule has 0 aliphatic carbocycles. The van der Waals surface area contributed by atoms with Crippen LogP contribution in [0.25, 0.3) is 10.9 Å². The van der Waals surface area contributed by atoms with Crippen molar-refractivity contribution in [1.29, 1.82) is 0 Å². The van der Waals surface area contributed by atoms with Crippen LogP contribution < -0.4 is 5.32 Å². The molecule has 5 rings (SSSR count). The molecule has 0 bridgehead atoms. The van der Waals surface area contributed by atoms with Crippen LogP contribution >= 0.6 is 0 Å². The van der Waals surface area contributed by atoms with E-state index < -0.39 is 5.97 Å². The van der Waals surface area contributed by atoms with Crippen molar-refractivity contribution in [3.05, 3.63) is 94.5 Å². The van der Waals surface area contributed by atoms with Crippen LogP contribution in [0.1, 0.15) is 37.4 Å². The van der Waals surface area contributed by atoms with Gasteiger partial charge in [0, 0.05) is 61.3 Å². The molecule has 212 valence electrons. The number of aromatic amines is 1. The number of esters is 1. The van der Waals surface area contributed by atoms with Gasteiger partial charge in [-0.05, 0) is 55.9 Å². The molecule has 1 fully saturated rings. The van der Waals surface area contributed by atoms with E-state index in [0.29, 0.717) is 40.2 Å². The van der Waals surface area contributed by atoms with E-state index in [4.69, 9.17) is 9.73 Å². The first-order valence-corrected chi connectivity index (χ1v) is 13.7. The van der Waals surface area contributed by atoms with Crippen molar-refractivity contribution in [2.75, 3.05) is 53.4 Å². The second kappa shape index (κ2) is 12.4. The van der Waals surface area contributed by atoms with Crippen LogP contribution in [0.15, 0.2) is 71.7 Å². The van der Waals surface area contributed by atoms with Gasteiger partial charge in [-0.15, -0.1) is 0 Å². The predicted molar refractivity (Wildman–Crippen MR) is 160 cm³/mol. The van der Waals surface area contributed by atoms with E-state index in [-0.39, 0.29) is 11.8 Å². The van der Waals surface area contributed by atoms with Gasteiger partial charge in [-0.3, -0.25) is 9.69 Å². The zero-order chi connectivity index (χ0) is 28.9. The maximum absolute atomic E-state index is 12.8. The van der Waals surface area contributed by atoms with Crippen molar-refractivity contribution in [2.45, 2.75) is 6.92 Å². The van der Waals surface area contributed by atoms with Crippen molar-refractivity contribution in [2.24, 2.45) is 4.99 Å². The van der Waals surface area contributed by atoms with Crippen molar-refractivity contribution in [3.8, 4) is 5.88 Å². The van der Waals surface area contributed by atoms with E-state index >= 15 is 0 Å². The molecule has 1 aliphatic rings. The number of ether oxygens (including phenoxy) is 1. The number of hydrogen-bond donors (Lipinski definition) is 3. The number of benzene rings is 3. The summed E-state index contributed by atoms with van der Waals surface area (Å²) in [5.74, 6) is -0.620. The van der Waals surface area contributed by atoms with Crippen LogP contribution in [0.3, 0.4) is 0 Å². The van der Waals surface area contributed by atoms with Crippen molar-refractivity contribution >= 4 is 34.2 Å². The molecule has 3 aromatic carbocycles. The number of methoxy groups -OCH3 is 1. The number of aliphatic imine (C=N–C) groups is 1. The van der Waals surface area contributed by atoms with Gasteiger partial charge in [0.2, 0.25) is 0 Å². The largest absolute Gasteiger partial charge is 0.494 e. The SMILES string of the molecule is COC(=O)c1cc2[nH]c(O)c(C(=Nc3ccc(C(=O)NCCN4CCN(C)CC4)cc3)c3ccccc3)c2cc1C. The smallest absolute Gasteiger partial charge is 0.338 e. The molecule has 1 amide bonds. The lowest BCUT2D eigenvalue weighted by atomic mass is 9.98. The Balaban J connectivity index is 1.41. The quantitative estimate of drug-likeness (QED) is 0.224. The maximum atomic E-state index is 12.8. The van der Waals surface area contributed by atoms with Crippen LogP contribution in [0.2, 0.25) is 0 Å². The number of H-pyrrole nitrogens is 1. The molecular weight excluding hydrogens is 518 g/mol. The highest BCUT2D eigenvalue weighted by Gasteiger charge is 2.21. The van der Waals surface area contributed by atoms with Crippen LogP contribution in [0, 0.1) is 6.92 Å². The standard InChI is InChI=1S/C32H35N5O4/c1-21-19-26-27(20-25(21)32(40)41-3)35-31(39)28(26)29(22-7-5-4-6-8-22)34-24-11-9-23(10-12-24)30(38)33-13-14-37-17-15-36(2)16-18-37/h4-12,19-20,35,39H,13-18H2,1-3H3,(H,33,38). The summed E-state index contributed by atoms with van der Waals surface area (Å²) in [7, 11) is 3.47. The molecule has 1 saturated heterocycles. The highest BCUT2D eigenvalue weighted by Crippen LogP contribution is 2.33. The summed E-state index contributed by atoms with van der Waals surface area (Å²) < 4.78 is 4.91. The Morgan fingerprint density at radius 3 is 2.39 bits per heavy atom. The summed E-state index contributed by atoms with van der Waals surface area (Å²) in [4.78, 5) is 37.6. The zero-order valence-electron chi connectivity index (χ0n) is 23.6. The lowest BCUT2D eigenvalue weighted by Crippen LogP contribution is -2.46. The average molecular weight is 554 g/mol. The first-order chi connectivity index (χ1) is 19.8. The number of carbonyl (C=O) groups excluding carboxylic acids is 2. The normalized spacial score (nSPS) is 14.8. The number of aryl methyl sites for hydroxylation is 1. The summed E-state index contributed by atoms with van der Waals surface area (Å²) in [5.41, 5.74) is 4.82. The number of amides is 1. The number of carbonyl (C=O) groups is 2. The number of nitrogens with one attached hydrogen (secondary N) is 2. The Hall–Kier alpha value is -4.47. The molecule has 0 unspecified atom stereocenters. The fraction of sp³-hybridized carbons (Fsp3) is 0.281. The molecule has 0 saturated carbocycles. The molecule has 2 heterocycles. The van der Waals surface area contributed by atoms with Gasteiger partial charge in [-0.1, -0.05) is 30.3 Å². The number of aromatic nitrogens is 1. The first kappa shape index (κ1) is 28.1. The molecule has 9 heteroatoms. The van der Waals surface area contributed by atoms with Crippen molar-refractivity contribution < 1.29 is 19.4 Å². The highest BCUT2D eigenvalue weighted by atomic mass is 16.5. The van der Waals surface area contributed by atoms with Gasteiger partial charge in [0.15, 0.2) is 5.88 Å². The fourth-order valence-electron chi connectivity index (χ4n) is 5.08. The monoisotopic (exact) mass is 553 g/mol. The van der Waals surface area contributed by atoms with E-state index in [1.54, 1.807) is 30.3 Å². The summed E-state index contributed by atoms with van der Waals surface area (Å²) in [6, 6.07) is 20.2. The number of aromatic hydroxyl groups is 1. The second-order valence-electron chi connectivity index (χ2n) is 10.3. The van der Waals surface area contributed by atoms with Gasteiger partial charge in [0.1, 0.15) is 0 Å². The minimum absolute atomic E-state index is 0.0552. The van der Waals surface area contributed by atoms with E-state index in [2.05, 4.69) is 27.1 Å². The third kappa shape index (κ3) is 6.32. The predicted octanol–water partition coefficient (Wildman–Crippen LogP) is 4.11. The van der Waals surface area contributed by atoms with E-state index in [1.807, 2.05) is 43.3 Å². The Bertz CT molecular complexity index is 1570. The number of hydrogen-bond acceptors (Lipinski definition) is 7. The first-order valence-electron chi connectivity index (χ1n) is 13.7. The molecule has 1 aromatic heterocycles. The van der Waals surface area contributed by atoms with E-state index in [1.165, 1.54) is 7.11 Å². The molecule has 41 heavy (non-hydrogen) atoms. The molecule has 0 atom stereocenters. The van der Waals surface area contributed by atoms with Crippen LogP contribution in [-0.2, 0) is 4.74 Å². The van der Waals surface area contributed by atoms with Gasteiger partial charge in [-0.25, -0.2) is 9.79 Å². The lowest BCUT2D eigenvalue weighted by molar-refractivity contribution is 0.0600. The summed E-state index contributed by atoms with van der Waals surface area (Å²) in [6.07, 6.45) is 0. The van der Waals surface area contributed by atoms with Crippen LogP contribution in [-0.4, -0.2) is 90.9 Å². The molecule has 9 nitrogen and oxygen atoms in total. The van der Waals surface area contributed by atoms with Gasteiger partial charge in [0.05, 0.1) is 29.6 Å². The second-order valence-corrected chi connectivity index (χ2v) is 10.3. The number of fused-ring (bicyclic) bond motifs is 1. The Morgan fingerprint density at radius 2 is 1.71 bits per heavy atom. The van der Waals surface area contributed by atoms with Crippen LogP contribution in [0.4, 0.5) is 5.69 Å². The molecule has 4 aromatic rings. The maximum Gasteiger partial charge on any atom is 0.338 e. The number of nitrogens with zero attached hydrogens (tertiary/aromatic N) is 3.